The molecule has 0 aliphatic heterocycles. The summed E-state index contributed by atoms with van der Waals surface area (Å²) in [5, 5.41) is 3.27. The van der Waals surface area contributed by atoms with Gasteiger partial charge in [-0.1, -0.05) is 46.5 Å². The number of carbonyl (C=O) groups is 1. The van der Waals surface area contributed by atoms with Gasteiger partial charge in [0.2, 0.25) is 5.91 Å². The van der Waals surface area contributed by atoms with Crippen LogP contribution in [0.3, 0.4) is 0 Å². The molecule has 5 unspecified atom stereocenters. The fourth-order valence-electron chi connectivity index (χ4n) is 3.90. The predicted molar refractivity (Wildman–Crippen MR) is 78.7 cm³/mol. The van der Waals surface area contributed by atoms with Crippen molar-refractivity contribution in [1.82, 2.24) is 5.32 Å². The molecule has 19 heavy (non-hydrogen) atoms. The average molecular weight is 266 g/mol. The molecule has 2 fully saturated rings. The van der Waals surface area contributed by atoms with Crippen molar-refractivity contribution in [1.29, 1.82) is 0 Å². The maximum absolute atomic E-state index is 12.5. The summed E-state index contributed by atoms with van der Waals surface area (Å²) in [7, 11) is 0. The van der Waals surface area contributed by atoms with Gasteiger partial charge < -0.3 is 11.1 Å². The SMILES string of the molecule is CC1CCCC(N)(C(=O)NC2CCCC(C)C2C)C1. The van der Waals surface area contributed by atoms with E-state index in [1.165, 1.54) is 19.3 Å². The Hall–Kier alpha value is -0.570. The molecule has 0 radical (unpaired) electrons. The Kier molecular flexibility index (Phi) is 4.54. The number of hydrogen-bond donors (Lipinski definition) is 2. The van der Waals surface area contributed by atoms with Crippen LogP contribution in [0.4, 0.5) is 0 Å². The molecule has 0 aromatic heterocycles. The Bertz CT molecular complexity index is 331. The van der Waals surface area contributed by atoms with Crippen LogP contribution in [0.1, 0.15) is 65.7 Å². The third-order valence-corrected chi connectivity index (χ3v) is 5.51. The lowest BCUT2D eigenvalue weighted by Gasteiger charge is -2.40. The Labute approximate surface area is 117 Å². The van der Waals surface area contributed by atoms with Crippen LogP contribution in [0.25, 0.3) is 0 Å². The topological polar surface area (TPSA) is 55.1 Å². The minimum atomic E-state index is -0.613. The maximum Gasteiger partial charge on any atom is 0.240 e. The molecule has 2 aliphatic carbocycles. The molecule has 0 heterocycles. The third-order valence-electron chi connectivity index (χ3n) is 5.51. The zero-order valence-corrected chi connectivity index (χ0v) is 12.7. The number of rotatable bonds is 2. The van der Waals surface area contributed by atoms with Crippen molar-refractivity contribution in [2.75, 3.05) is 0 Å². The molecule has 110 valence electrons. The van der Waals surface area contributed by atoms with Crippen molar-refractivity contribution < 1.29 is 4.79 Å². The molecular weight excluding hydrogens is 236 g/mol. The zero-order chi connectivity index (χ0) is 14.0. The lowest BCUT2D eigenvalue weighted by molar-refractivity contribution is -0.129. The van der Waals surface area contributed by atoms with E-state index < -0.39 is 5.54 Å². The summed E-state index contributed by atoms with van der Waals surface area (Å²) in [4.78, 5) is 12.5. The largest absolute Gasteiger partial charge is 0.351 e. The van der Waals surface area contributed by atoms with E-state index in [2.05, 4.69) is 26.1 Å². The first-order chi connectivity index (χ1) is 8.92. The van der Waals surface area contributed by atoms with Crippen LogP contribution in [0, 0.1) is 17.8 Å². The number of hydrogen-bond acceptors (Lipinski definition) is 2. The molecule has 0 aromatic rings. The summed E-state index contributed by atoms with van der Waals surface area (Å²) in [5.74, 6) is 1.96. The Morgan fingerprint density at radius 1 is 1.16 bits per heavy atom. The van der Waals surface area contributed by atoms with Gasteiger partial charge in [0.1, 0.15) is 0 Å². The van der Waals surface area contributed by atoms with Gasteiger partial charge in [0.05, 0.1) is 5.54 Å². The van der Waals surface area contributed by atoms with Crippen LogP contribution < -0.4 is 11.1 Å². The summed E-state index contributed by atoms with van der Waals surface area (Å²) in [6, 6.07) is 0.328. The summed E-state index contributed by atoms with van der Waals surface area (Å²) >= 11 is 0. The number of amides is 1. The highest BCUT2D eigenvalue weighted by Crippen LogP contribution is 2.33. The van der Waals surface area contributed by atoms with E-state index in [-0.39, 0.29) is 5.91 Å². The first kappa shape index (κ1) is 14.8. The minimum absolute atomic E-state index is 0.102. The van der Waals surface area contributed by atoms with Gasteiger partial charge in [-0.25, -0.2) is 0 Å². The van der Waals surface area contributed by atoms with E-state index in [0.717, 1.165) is 25.7 Å². The standard InChI is InChI=1S/C16H30N2O/c1-11-6-5-9-16(17,10-11)15(19)18-14-8-4-7-12(2)13(14)3/h11-14H,4-10,17H2,1-3H3,(H,18,19). The van der Waals surface area contributed by atoms with Gasteiger partial charge in [0.15, 0.2) is 0 Å². The van der Waals surface area contributed by atoms with Crippen LogP contribution in [0.2, 0.25) is 0 Å². The van der Waals surface area contributed by atoms with E-state index in [4.69, 9.17) is 5.73 Å². The van der Waals surface area contributed by atoms with Gasteiger partial charge in [-0.05, 0) is 37.0 Å². The van der Waals surface area contributed by atoms with E-state index in [1.54, 1.807) is 0 Å². The normalized spacial score (nSPS) is 43.8. The Morgan fingerprint density at radius 3 is 2.58 bits per heavy atom. The number of carbonyl (C=O) groups excluding carboxylic acids is 1. The van der Waals surface area contributed by atoms with Crippen LogP contribution >= 0.6 is 0 Å². The quantitative estimate of drug-likeness (QED) is 0.807. The molecule has 1 amide bonds. The second kappa shape index (κ2) is 5.82. The van der Waals surface area contributed by atoms with Crippen molar-refractivity contribution >= 4 is 5.91 Å². The molecule has 2 rings (SSSR count). The fourth-order valence-corrected chi connectivity index (χ4v) is 3.90. The fraction of sp³-hybridized carbons (Fsp3) is 0.938. The van der Waals surface area contributed by atoms with Gasteiger partial charge >= 0.3 is 0 Å². The molecule has 0 bridgehead atoms. The smallest absolute Gasteiger partial charge is 0.240 e. The van der Waals surface area contributed by atoms with Crippen molar-refractivity contribution in [2.24, 2.45) is 23.5 Å². The van der Waals surface area contributed by atoms with Crippen molar-refractivity contribution in [3.63, 3.8) is 0 Å². The van der Waals surface area contributed by atoms with Gasteiger partial charge in [0.25, 0.3) is 0 Å². The van der Waals surface area contributed by atoms with Crippen LogP contribution in [-0.2, 0) is 4.79 Å². The summed E-state index contributed by atoms with van der Waals surface area (Å²) in [5.41, 5.74) is 5.77. The van der Waals surface area contributed by atoms with E-state index in [9.17, 15) is 4.79 Å². The molecule has 0 saturated heterocycles. The molecule has 0 spiro atoms. The number of nitrogens with one attached hydrogen (secondary N) is 1. The van der Waals surface area contributed by atoms with E-state index in [0.29, 0.717) is 23.8 Å². The average Bonchev–Trinajstić information content (AvgIpc) is 2.34. The predicted octanol–water partition coefficient (Wildman–Crippen LogP) is 2.83. The maximum atomic E-state index is 12.5. The Morgan fingerprint density at radius 2 is 1.89 bits per heavy atom. The number of nitrogens with two attached hydrogens (primary N) is 1. The first-order valence-corrected chi connectivity index (χ1v) is 8.02. The molecule has 5 atom stereocenters. The molecule has 2 aliphatic rings. The zero-order valence-electron chi connectivity index (χ0n) is 12.7. The minimum Gasteiger partial charge on any atom is -0.351 e. The van der Waals surface area contributed by atoms with Gasteiger partial charge in [-0.15, -0.1) is 0 Å². The van der Waals surface area contributed by atoms with E-state index >= 15 is 0 Å². The molecule has 3 heteroatoms. The monoisotopic (exact) mass is 266 g/mol. The third kappa shape index (κ3) is 3.31. The van der Waals surface area contributed by atoms with Crippen LogP contribution in [-0.4, -0.2) is 17.5 Å². The highest BCUT2D eigenvalue weighted by molar-refractivity contribution is 5.86. The molecular formula is C16H30N2O. The highest BCUT2D eigenvalue weighted by Gasteiger charge is 2.40. The molecule has 3 nitrogen and oxygen atoms in total. The molecule has 0 aromatic carbocycles. The lowest BCUT2D eigenvalue weighted by atomic mass is 9.75. The highest BCUT2D eigenvalue weighted by atomic mass is 16.2. The second-order valence-corrected chi connectivity index (χ2v) is 7.20. The summed E-state index contributed by atoms with van der Waals surface area (Å²) < 4.78 is 0. The lowest BCUT2D eigenvalue weighted by Crippen LogP contribution is -2.59. The van der Waals surface area contributed by atoms with Gasteiger partial charge in [0, 0.05) is 6.04 Å². The van der Waals surface area contributed by atoms with Crippen molar-refractivity contribution in [3.8, 4) is 0 Å². The molecule has 2 saturated carbocycles. The van der Waals surface area contributed by atoms with Gasteiger partial charge in [-0.2, -0.15) is 0 Å². The van der Waals surface area contributed by atoms with Gasteiger partial charge in [-0.3, -0.25) is 4.79 Å². The van der Waals surface area contributed by atoms with Crippen molar-refractivity contribution in [2.45, 2.75) is 77.3 Å². The Balaban J connectivity index is 1.96. The van der Waals surface area contributed by atoms with E-state index in [1.807, 2.05) is 0 Å². The second-order valence-electron chi connectivity index (χ2n) is 7.20. The van der Waals surface area contributed by atoms with Crippen LogP contribution in [0.15, 0.2) is 0 Å². The summed E-state index contributed by atoms with van der Waals surface area (Å²) in [6.07, 6.45) is 7.62. The van der Waals surface area contributed by atoms with Crippen molar-refractivity contribution in [3.05, 3.63) is 0 Å². The summed E-state index contributed by atoms with van der Waals surface area (Å²) in [6.45, 7) is 6.77. The van der Waals surface area contributed by atoms with Crippen LogP contribution in [0.5, 0.6) is 0 Å². The first-order valence-electron chi connectivity index (χ1n) is 8.02. The molecule has 3 N–H and O–H groups in total.